The second-order valence-electron chi connectivity index (χ2n) is 10.0. The van der Waals surface area contributed by atoms with Gasteiger partial charge in [0.1, 0.15) is 11.6 Å². The number of ether oxygens (including phenoxy) is 1. The quantitative estimate of drug-likeness (QED) is 0.196. The molecule has 0 spiro atoms. The molecule has 0 bridgehead atoms. The van der Waals surface area contributed by atoms with Gasteiger partial charge in [-0.1, -0.05) is 30.3 Å². The first kappa shape index (κ1) is 28.6. The van der Waals surface area contributed by atoms with Gasteiger partial charge in [-0.15, -0.1) is 13.2 Å². The van der Waals surface area contributed by atoms with Gasteiger partial charge in [0.05, 0.1) is 10.4 Å². The number of rotatable bonds is 10. The Morgan fingerprint density at radius 3 is 2.12 bits per heavy atom. The van der Waals surface area contributed by atoms with Crippen LogP contribution in [0.4, 0.5) is 30.6 Å². The van der Waals surface area contributed by atoms with Crippen LogP contribution in [0, 0.1) is 11.8 Å². The Labute approximate surface area is 236 Å². The molecular formula is C29H30F3N5O3S. The van der Waals surface area contributed by atoms with Crippen LogP contribution >= 0.6 is 0 Å². The van der Waals surface area contributed by atoms with Crippen LogP contribution in [0.5, 0.6) is 5.75 Å². The van der Waals surface area contributed by atoms with Crippen molar-refractivity contribution in [1.82, 2.24) is 14.7 Å². The van der Waals surface area contributed by atoms with Gasteiger partial charge in [-0.25, -0.2) is 18.1 Å². The largest absolute Gasteiger partial charge is 0.573 e. The third kappa shape index (κ3) is 7.86. The molecule has 4 aromatic rings. The van der Waals surface area contributed by atoms with Crippen molar-refractivity contribution in [1.29, 1.82) is 0 Å². The summed E-state index contributed by atoms with van der Waals surface area (Å²) < 4.78 is 68.7. The molecule has 1 aliphatic rings. The Morgan fingerprint density at radius 1 is 0.805 bits per heavy atom. The molecule has 41 heavy (non-hydrogen) atoms. The highest BCUT2D eigenvalue weighted by atomic mass is 32.2. The number of para-hydroxylation sites is 2. The van der Waals surface area contributed by atoms with Gasteiger partial charge in [-0.3, -0.25) is 0 Å². The molecule has 1 saturated carbocycles. The summed E-state index contributed by atoms with van der Waals surface area (Å²) in [5, 5.41) is 7.70. The molecule has 1 aliphatic carbocycles. The summed E-state index contributed by atoms with van der Waals surface area (Å²) in [5.74, 6) is 1.37. The van der Waals surface area contributed by atoms with Crippen LogP contribution in [0.15, 0.2) is 83.8 Å². The van der Waals surface area contributed by atoms with Crippen LogP contribution in [0.3, 0.4) is 0 Å². The zero-order chi connectivity index (χ0) is 28.9. The number of hydrogen-bond donors (Lipinski definition) is 3. The van der Waals surface area contributed by atoms with Crippen LogP contribution < -0.4 is 20.1 Å². The monoisotopic (exact) mass is 585 g/mol. The average molecular weight is 586 g/mol. The molecule has 3 aromatic carbocycles. The molecular weight excluding hydrogens is 555 g/mol. The molecule has 216 valence electrons. The Bertz CT molecular complexity index is 1560. The van der Waals surface area contributed by atoms with E-state index >= 15 is 0 Å². The maximum atomic E-state index is 12.6. The molecule has 0 aliphatic heterocycles. The number of anilines is 3. The van der Waals surface area contributed by atoms with Crippen molar-refractivity contribution in [2.24, 2.45) is 11.8 Å². The fourth-order valence-corrected chi connectivity index (χ4v) is 6.03. The lowest BCUT2D eigenvalue weighted by atomic mass is 9.82. The minimum atomic E-state index is -4.84. The van der Waals surface area contributed by atoms with Crippen molar-refractivity contribution in [3.8, 4) is 5.75 Å². The molecule has 1 fully saturated rings. The zero-order valence-corrected chi connectivity index (χ0v) is 22.9. The maximum absolute atomic E-state index is 12.6. The van der Waals surface area contributed by atoms with Crippen LogP contribution in [0.1, 0.15) is 25.7 Å². The van der Waals surface area contributed by atoms with Gasteiger partial charge in [-0.05, 0) is 86.1 Å². The average Bonchev–Trinajstić information content (AvgIpc) is 2.96. The first-order valence-corrected chi connectivity index (χ1v) is 14.8. The van der Waals surface area contributed by atoms with Crippen LogP contribution in [-0.2, 0) is 10.0 Å². The van der Waals surface area contributed by atoms with Crippen molar-refractivity contribution in [2.75, 3.05) is 23.7 Å². The number of aromatic nitrogens is 2. The minimum absolute atomic E-state index is 0.110. The lowest BCUT2D eigenvalue weighted by Crippen LogP contribution is -2.32. The minimum Gasteiger partial charge on any atom is -0.406 e. The van der Waals surface area contributed by atoms with Gasteiger partial charge < -0.3 is 15.4 Å². The van der Waals surface area contributed by atoms with Gasteiger partial charge in [0.2, 0.25) is 16.0 Å². The van der Waals surface area contributed by atoms with Gasteiger partial charge in [-0.2, -0.15) is 4.98 Å². The van der Waals surface area contributed by atoms with Crippen molar-refractivity contribution < 1.29 is 26.3 Å². The van der Waals surface area contributed by atoms with E-state index in [1.165, 1.54) is 0 Å². The predicted molar refractivity (Wildman–Crippen MR) is 152 cm³/mol. The summed E-state index contributed by atoms with van der Waals surface area (Å²) >= 11 is 0. The number of nitrogens with zero attached hydrogens (tertiary/aromatic N) is 2. The first-order chi connectivity index (χ1) is 19.6. The molecule has 1 heterocycles. The second-order valence-corrected chi connectivity index (χ2v) is 11.8. The van der Waals surface area contributed by atoms with E-state index in [1.54, 1.807) is 0 Å². The fraction of sp³-hybridized carbons (Fsp3) is 0.310. The van der Waals surface area contributed by atoms with E-state index in [2.05, 4.69) is 25.1 Å². The van der Waals surface area contributed by atoms with E-state index in [0.717, 1.165) is 72.4 Å². The standard InChI is InChI=1S/C29H30F3N5O3S/c30-29(31,32)40-23-14-16-24(17-15-23)41(38,39)34-19-21-12-10-20(11-13-21)18-33-28-36-26-9-5-4-8-25(26)27(37-28)35-22-6-2-1-3-7-22/h1-9,14-17,20-21,34H,10-13,18-19H2,(H2,33,35,36,37). The number of benzene rings is 3. The molecule has 0 atom stereocenters. The molecule has 0 amide bonds. The SMILES string of the molecule is O=S(=O)(NCC1CCC(CNc2nc(Nc3ccccc3)c3ccccc3n2)CC1)c1ccc(OC(F)(F)F)cc1. The van der Waals surface area contributed by atoms with E-state index in [0.29, 0.717) is 18.4 Å². The van der Waals surface area contributed by atoms with Crippen molar-refractivity contribution in [3.05, 3.63) is 78.9 Å². The molecule has 12 heteroatoms. The van der Waals surface area contributed by atoms with Crippen molar-refractivity contribution in [3.63, 3.8) is 0 Å². The summed E-state index contributed by atoms with van der Waals surface area (Å²) in [4.78, 5) is 9.30. The molecule has 0 saturated heterocycles. The van der Waals surface area contributed by atoms with E-state index in [9.17, 15) is 21.6 Å². The Balaban J connectivity index is 1.12. The third-order valence-corrected chi connectivity index (χ3v) is 8.52. The molecule has 3 N–H and O–H groups in total. The van der Waals surface area contributed by atoms with E-state index in [4.69, 9.17) is 4.98 Å². The highest BCUT2D eigenvalue weighted by molar-refractivity contribution is 7.89. The molecule has 8 nitrogen and oxygen atoms in total. The van der Waals surface area contributed by atoms with E-state index in [1.807, 2.05) is 54.6 Å². The summed E-state index contributed by atoms with van der Waals surface area (Å²) in [6.45, 7) is 0.972. The summed E-state index contributed by atoms with van der Waals surface area (Å²) in [7, 11) is -3.85. The first-order valence-electron chi connectivity index (χ1n) is 13.3. The summed E-state index contributed by atoms with van der Waals surface area (Å²) in [6.07, 6.45) is -1.28. The van der Waals surface area contributed by atoms with Crippen molar-refractivity contribution in [2.45, 2.75) is 36.9 Å². The number of nitrogens with one attached hydrogen (secondary N) is 3. The number of sulfonamides is 1. The zero-order valence-electron chi connectivity index (χ0n) is 22.1. The fourth-order valence-electron chi connectivity index (χ4n) is 4.92. The second kappa shape index (κ2) is 12.3. The highest BCUT2D eigenvalue weighted by Crippen LogP contribution is 2.30. The summed E-state index contributed by atoms with van der Waals surface area (Å²) in [5.41, 5.74) is 1.77. The lowest BCUT2D eigenvalue weighted by molar-refractivity contribution is -0.274. The Kier molecular flexibility index (Phi) is 8.60. The number of alkyl halides is 3. The lowest BCUT2D eigenvalue weighted by Gasteiger charge is -2.28. The maximum Gasteiger partial charge on any atom is 0.573 e. The van der Waals surface area contributed by atoms with E-state index < -0.39 is 22.1 Å². The van der Waals surface area contributed by atoms with Gasteiger partial charge >= 0.3 is 6.36 Å². The number of halogens is 3. The molecule has 1 aromatic heterocycles. The van der Waals surface area contributed by atoms with Gasteiger partial charge in [0.25, 0.3) is 0 Å². The van der Waals surface area contributed by atoms with Gasteiger partial charge in [0, 0.05) is 24.2 Å². The Hall–Kier alpha value is -3.90. The van der Waals surface area contributed by atoms with Crippen molar-refractivity contribution >= 4 is 38.4 Å². The summed E-state index contributed by atoms with van der Waals surface area (Å²) in [6, 6.07) is 21.8. The number of hydrogen-bond acceptors (Lipinski definition) is 7. The normalized spacial score (nSPS) is 17.7. The third-order valence-electron chi connectivity index (χ3n) is 7.08. The van der Waals surface area contributed by atoms with Crippen LogP contribution in [-0.4, -0.2) is 37.8 Å². The Morgan fingerprint density at radius 2 is 1.44 bits per heavy atom. The number of fused-ring (bicyclic) bond motifs is 1. The molecule has 5 rings (SSSR count). The van der Waals surface area contributed by atoms with Crippen LogP contribution in [0.25, 0.3) is 10.9 Å². The molecule has 0 radical (unpaired) electrons. The predicted octanol–water partition coefficient (Wildman–Crippen LogP) is 6.47. The van der Waals surface area contributed by atoms with Gasteiger partial charge in [0.15, 0.2) is 0 Å². The topological polar surface area (TPSA) is 105 Å². The van der Waals surface area contributed by atoms with Crippen LogP contribution in [0.2, 0.25) is 0 Å². The smallest absolute Gasteiger partial charge is 0.406 e. The van der Waals surface area contributed by atoms with E-state index in [-0.39, 0.29) is 17.4 Å². The molecule has 0 unspecified atom stereocenters. The highest BCUT2D eigenvalue weighted by Gasteiger charge is 2.31.